The number of hydrogen-bond donors (Lipinski definition) is 3. The van der Waals surface area contributed by atoms with Crippen molar-refractivity contribution in [2.24, 2.45) is 0 Å². The van der Waals surface area contributed by atoms with E-state index in [-0.39, 0.29) is 44.7 Å². The molecule has 2 aromatic carbocycles. The summed E-state index contributed by atoms with van der Waals surface area (Å²) in [6, 6.07) is 9.96. The summed E-state index contributed by atoms with van der Waals surface area (Å²) in [7, 11) is 0. The maximum absolute atomic E-state index is 14.7. The van der Waals surface area contributed by atoms with E-state index in [2.05, 4.69) is 10.6 Å². The lowest BCUT2D eigenvalue weighted by Gasteiger charge is -2.46. The summed E-state index contributed by atoms with van der Waals surface area (Å²) in [6.45, 7) is 5.17. The van der Waals surface area contributed by atoms with E-state index < -0.39 is 115 Å². The van der Waals surface area contributed by atoms with Gasteiger partial charge in [0.15, 0.2) is 18.5 Å². The largest absolute Gasteiger partial charge is 0.480 e. The molecule has 0 spiro atoms. The lowest BCUT2D eigenvalue weighted by atomic mass is 9.95. The quantitative estimate of drug-likeness (QED) is 0.115. The first-order chi connectivity index (χ1) is 30.9. The van der Waals surface area contributed by atoms with Crippen LogP contribution >= 0.6 is 0 Å². The van der Waals surface area contributed by atoms with E-state index in [4.69, 9.17) is 33.2 Å². The minimum atomic E-state index is -1.65. The van der Waals surface area contributed by atoms with E-state index in [0.717, 1.165) is 33.3 Å². The van der Waals surface area contributed by atoms with Crippen LogP contribution in [0.4, 0.5) is 4.79 Å². The second-order valence-electron chi connectivity index (χ2n) is 15.8. The van der Waals surface area contributed by atoms with Crippen LogP contribution in [0.3, 0.4) is 0 Å². The molecule has 352 valence electrons. The molecule has 0 saturated carbocycles. The van der Waals surface area contributed by atoms with Crippen molar-refractivity contribution in [2.45, 2.75) is 128 Å². The maximum Gasteiger partial charge on any atom is 0.408 e. The Labute approximate surface area is 374 Å². The molecule has 3 saturated heterocycles. The molecule has 65 heavy (non-hydrogen) atoms. The second kappa shape index (κ2) is 22.8. The van der Waals surface area contributed by atoms with Gasteiger partial charge in [-0.05, 0) is 55.9 Å². The van der Waals surface area contributed by atoms with Crippen molar-refractivity contribution < 1.29 is 81.4 Å². The number of carboxylic acids is 1. The average Bonchev–Trinajstić information content (AvgIpc) is 3.95. The molecule has 21 heteroatoms. The number of alkyl carbamates (subject to hydrolysis) is 1. The Balaban J connectivity index is 1.39. The number of amides is 4. The summed E-state index contributed by atoms with van der Waals surface area (Å²) in [5.74, 6) is -5.87. The van der Waals surface area contributed by atoms with E-state index in [1.54, 1.807) is 36.4 Å². The fourth-order valence-electron chi connectivity index (χ4n) is 7.92. The average molecular weight is 911 g/mol. The third-order valence-electron chi connectivity index (χ3n) is 10.8. The second-order valence-corrected chi connectivity index (χ2v) is 15.8. The van der Waals surface area contributed by atoms with Gasteiger partial charge in [0.2, 0.25) is 17.7 Å². The minimum Gasteiger partial charge on any atom is -0.480 e. The van der Waals surface area contributed by atoms with Crippen molar-refractivity contribution in [3.63, 3.8) is 0 Å². The van der Waals surface area contributed by atoms with Crippen molar-refractivity contribution in [3.05, 3.63) is 65.7 Å². The van der Waals surface area contributed by atoms with Crippen LogP contribution in [0, 0.1) is 0 Å². The van der Waals surface area contributed by atoms with Gasteiger partial charge in [-0.3, -0.25) is 33.6 Å². The molecule has 0 unspecified atom stereocenters. The van der Waals surface area contributed by atoms with E-state index in [0.29, 0.717) is 18.4 Å². The monoisotopic (exact) mass is 910 g/mol. The first-order valence-corrected chi connectivity index (χ1v) is 21.1. The Morgan fingerprint density at radius 1 is 0.769 bits per heavy atom. The van der Waals surface area contributed by atoms with Crippen LogP contribution < -0.4 is 15.4 Å². The summed E-state index contributed by atoms with van der Waals surface area (Å²) in [5.41, 5.74) is 1.25. The zero-order valence-corrected chi connectivity index (χ0v) is 36.6. The number of hydrogen-bond acceptors (Lipinski definition) is 16. The van der Waals surface area contributed by atoms with Crippen LogP contribution in [-0.2, 0) is 79.8 Å². The molecule has 2 aromatic rings. The van der Waals surface area contributed by atoms with Crippen LogP contribution in [0.2, 0.25) is 0 Å². The zero-order chi connectivity index (χ0) is 47.4. The summed E-state index contributed by atoms with van der Waals surface area (Å²) in [5, 5.41) is 14.9. The van der Waals surface area contributed by atoms with Crippen molar-refractivity contribution in [3.8, 4) is 5.75 Å². The molecular weight excluding hydrogens is 856 g/mol. The number of esters is 4. The zero-order valence-electron chi connectivity index (χ0n) is 36.6. The SMILES string of the molecule is CC(=O)N[C@H]1[C@H](O[C@H](C)[C@H](NC(=O)OCc2ccc(OC(=O)Cc3ccccc3)cc2)C(=O)N2CCC[C@H]2C(=O)N2CCC[C@H]2C(=O)O)O[C@H](COC(C)=O)[C@@H](OC(C)=O)[C@@H]1OC(C)=O. The van der Waals surface area contributed by atoms with E-state index in [1.807, 2.05) is 6.07 Å². The first kappa shape index (κ1) is 49.4. The highest BCUT2D eigenvalue weighted by Gasteiger charge is 2.53. The number of carbonyl (C=O) groups excluding carboxylic acids is 8. The highest BCUT2D eigenvalue weighted by atomic mass is 16.7. The van der Waals surface area contributed by atoms with Crippen molar-refractivity contribution in [1.82, 2.24) is 20.4 Å². The molecule has 3 heterocycles. The van der Waals surface area contributed by atoms with E-state index in [9.17, 15) is 48.3 Å². The van der Waals surface area contributed by atoms with Gasteiger partial charge in [-0.2, -0.15) is 0 Å². The molecule has 0 bridgehead atoms. The third-order valence-corrected chi connectivity index (χ3v) is 10.8. The van der Waals surface area contributed by atoms with Gasteiger partial charge in [-0.15, -0.1) is 0 Å². The number of carboxylic acid groups (broad SMARTS) is 1. The lowest BCUT2D eigenvalue weighted by Crippen LogP contribution is -2.67. The highest BCUT2D eigenvalue weighted by Crippen LogP contribution is 2.31. The number of likely N-dealkylation sites (tertiary alicyclic amines) is 2. The van der Waals surface area contributed by atoms with Crippen molar-refractivity contribution in [2.75, 3.05) is 19.7 Å². The third kappa shape index (κ3) is 13.7. The number of nitrogens with one attached hydrogen (secondary N) is 2. The number of nitrogens with zero attached hydrogens (tertiary/aromatic N) is 2. The first-order valence-electron chi connectivity index (χ1n) is 21.1. The maximum atomic E-state index is 14.7. The molecule has 5 rings (SSSR count). The van der Waals surface area contributed by atoms with Crippen LogP contribution in [0.1, 0.15) is 71.4 Å². The van der Waals surface area contributed by atoms with Crippen LogP contribution in [-0.4, -0.2) is 143 Å². The number of aliphatic carboxylic acids is 1. The van der Waals surface area contributed by atoms with Gasteiger partial charge >= 0.3 is 35.9 Å². The van der Waals surface area contributed by atoms with Crippen molar-refractivity contribution in [1.29, 1.82) is 0 Å². The predicted molar refractivity (Wildman–Crippen MR) is 221 cm³/mol. The molecule has 3 aliphatic rings. The fraction of sp³-hybridized carbons (Fsp3) is 0.523. The molecule has 3 aliphatic heterocycles. The smallest absolute Gasteiger partial charge is 0.408 e. The van der Waals surface area contributed by atoms with Gasteiger partial charge in [0, 0.05) is 40.8 Å². The van der Waals surface area contributed by atoms with Gasteiger partial charge < -0.3 is 58.7 Å². The standard InChI is InChI=1S/C44H54N4O17/c1-24(61-43-37(45-25(2)49)39(63-28(5)52)38(62-27(4)51)34(65-43)23-59-26(3)50)36(41(55)47-19-9-13-32(47)40(54)48-20-10-14-33(48)42(56)57)46-44(58)60-22-30-15-17-31(18-16-30)64-35(53)21-29-11-7-6-8-12-29/h6-8,11-12,15-18,24,32-34,36-39,43H,9-10,13-14,19-23H2,1-5H3,(H,45,49)(H,46,58)(H,56,57)/t24-,32+,33+,34-,36+,37-,38-,39-,43-/m1/s1. The number of ether oxygens (including phenoxy) is 7. The lowest BCUT2D eigenvalue weighted by molar-refractivity contribution is -0.287. The summed E-state index contributed by atoms with van der Waals surface area (Å²) >= 11 is 0. The molecular formula is C44H54N4O17. The Hall–Kier alpha value is -6.61. The molecule has 9 atom stereocenters. The molecule has 3 fully saturated rings. The molecule has 0 aliphatic carbocycles. The highest BCUT2D eigenvalue weighted by molar-refractivity contribution is 5.94. The number of carbonyl (C=O) groups is 9. The summed E-state index contributed by atoms with van der Waals surface area (Å²) < 4.78 is 39.5. The minimum absolute atomic E-state index is 0.0541. The fourth-order valence-corrected chi connectivity index (χ4v) is 7.92. The number of benzene rings is 2. The predicted octanol–water partition coefficient (Wildman–Crippen LogP) is 1.56. The van der Waals surface area contributed by atoms with Gasteiger partial charge in [0.05, 0.1) is 12.5 Å². The van der Waals surface area contributed by atoms with E-state index >= 15 is 0 Å². The van der Waals surface area contributed by atoms with Gasteiger partial charge in [0.1, 0.15) is 49.2 Å². The normalized spacial score (nSPS) is 23.6. The Kier molecular flexibility index (Phi) is 17.4. The topological polar surface area (TPSA) is 269 Å². The van der Waals surface area contributed by atoms with E-state index in [1.165, 1.54) is 28.9 Å². The van der Waals surface area contributed by atoms with Crippen LogP contribution in [0.25, 0.3) is 0 Å². The van der Waals surface area contributed by atoms with Gasteiger partial charge in [0.25, 0.3) is 0 Å². The molecule has 21 nitrogen and oxygen atoms in total. The van der Waals surface area contributed by atoms with Gasteiger partial charge in [-0.1, -0.05) is 42.5 Å². The molecule has 3 N–H and O–H groups in total. The van der Waals surface area contributed by atoms with Gasteiger partial charge in [-0.25, -0.2) is 9.59 Å². The summed E-state index contributed by atoms with van der Waals surface area (Å²) in [4.78, 5) is 118. The molecule has 4 amide bonds. The Morgan fingerprint density at radius 2 is 1.40 bits per heavy atom. The molecule has 0 radical (unpaired) electrons. The van der Waals surface area contributed by atoms with Crippen LogP contribution in [0.15, 0.2) is 54.6 Å². The van der Waals surface area contributed by atoms with Crippen molar-refractivity contribution >= 4 is 53.7 Å². The Morgan fingerprint density at radius 3 is 2.02 bits per heavy atom. The Bertz CT molecular complexity index is 2070. The summed E-state index contributed by atoms with van der Waals surface area (Å²) in [6.07, 6.45) is -7.14. The van der Waals surface area contributed by atoms with Crippen LogP contribution in [0.5, 0.6) is 5.75 Å². The molecule has 0 aromatic heterocycles. The number of rotatable bonds is 17.